The molecule has 0 saturated carbocycles. The number of nitrogens with zero attached hydrogens (tertiary/aromatic N) is 1. The minimum absolute atomic E-state index is 0.456. The summed E-state index contributed by atoms with van der Waals surface area (Å²) in [5.41, 5.74) is 3.79. The summed E-state index contributed by atoms with van der Waals surface area (Å²) in [4.78, 5) is 12.3. The van der Waals surface area contributed by atoms with Crippen molar-refractivity contribution in [1.82, 2.24) is 5.43 Å². The van der Waals surface area contributed by atoms with E-state index in [9.17, 15) is 15.0 Å². The highest BCUT2D eigenvalue weighted by atomic mass is 35.5. The van der Waals surface area contributed by atoms with Gasteiger partial charge in [0.25, 0.3) is 5.79 Å². The normalized spacial score (nSPS) is 19.9. The highest BCUT2D eigenvalue weighted by molar-refractivity contribution is 6.30. The summed E-state index contributed by atoms with van der Waals surface area (Å²) in [6.45, 7) is 0. The number of anilines is 1. The molecule has 7 heteroatoms. The first-order valence-electron chi connectivity index (χ1n) is 6.88. The molecule has 6 nitrogen and oxygen atoms in total. The molecule has 1 amide bonds. The largest absolute Gasteiger partial charge is 0.497 e. The lowest BCUT2D eigenvalue weighted by Crippen LogP contribution is -2.42. The number of rotatable bonds is 3. The molecule has 1 unspecified atom stereocenters. The fourth-order valence-corrected chi connectivity index (χ4v) is 2.60. The van der Waals surface area contributed by atoms with E-state index < -0.39 is 17.7 Å². The lowest BCUT2D eigenvalue weighted by Gasteiger charge is -2.20. The van der Waals surface area contributed by atoms with Crippen LogP contribution in [-0.4, -0.2) is 29.0 Å². The summed E-state index contributed by atoms with van der Waals surface area (Å²) in [6, 6.07) is 12.2. The third-order valence-electron chi connectivity index (χ3n) is 3.69. The first kappa shape index (κ1) is 15.8. The van der Waals surface area contributed by atoms with Crippen LogP contribution in [0.15, 0.2) is 48.5 Å². The minimum Gasteiger partial charge on any atom is -0.497 e. The van der Waals surface area contributed by atoms with Crippen molar-refractivity contribution in [1.29, 1.82) is 0 Å². The molecule has 120 valence electrons. The molecular formula is C16H15ClN2O4. The predicted molar refractivity (Wildman–Crippen MR) is 85.0 cm³/mol. The second-order valence-electron chi connectivity index (χ2n) is 5.18. The summed E-state index contributed by atoms with van der Waals surface area (Å²) in [5, 5.41) is 22.1. The number of carbonyl (C=O) groups excluding carboxylic acids is 1. The molecule has 2 aromatic carbocycles. The van der Waals surface area contributed by atoms with Crippen LogP contribution in [0.2, 0.25) is 5.02 Å². The van der Waals surface area contributed by atoms with E-state index in [0.29, 0.717) is 22.0 Å². The zero-order chi connectivity index (χ0) is 16.6. The van der Waals surface area contributed by atoms with Crippen LogP contribution in [-0.2, 0) is 4.79 Å². The average Bonchev–Trinajstić information content (AvgIpc) is 2.79. The smallest absolute Gasteiger partial charge is 0.303 e. The van der Waals surface area contributed by atoms with E-state index in [0.717, 1.165) is 5.01 Å². The van der Waals surface area contributed by atoms with Crippen molar-refractivity contribution >= 4 is 23.2 Å². The van der Waals surface area contributed by atoms with E-state index in [1.165, 1.54) is 7.11 Å². The van der Waals surface area contributed by atoms with E-state index in [1.807, 2.05) is 0 Å². The number of hydrogen-bond acceptors (Lipinski definition) is 5. The van der Waals surface area contributed by atoms with Gasteiger partial charge in [-0.2, -0.15) is 0 Å². The molecule has 0 bridgehead atoms. The Morgan fingerprint density at radius 2 is 1.91 bits per heavy atom. The monoisotopic (exact) mass is 334 g/mol. The Bertz CT molecular complexity index is 733. The van der Waals surface area contributed by atoms with Crippen molar-refractivity contribution in [2.75, 3.05) is 12.1 Å². The molecule has 2 aromatic rings. The summed E-state index contributed by atoms with van der Waals surface area (Å²) < 4.78 is 5.13. The molecule has 3 N–H and O–H groups in total. The molecule has 0 radical (unpaired) electrons. The SMILES string of the molecule is COc1cccc(C2NN(c3ccc(Cl)cc3)C(=O)C2(O)O)c1. The van der Waals surface area contributed by atoms with Gasteiger partial charge in [0.15, 0.2) is 0 Å². The van der Waals surface area contributed by atoms with Crippen molar-refractivity contribution in [3.05, 3.63) is 59.1 Å². The zero-order valence-corrected chi connectivity index (χ0v) is 13.0. The van der Waals surface area contributed by atoms with Crippen molar-refractivity contribution in [3.8, 4) is 5.75 Å². The third kappa shape index (κ3) is 2.77. The molecule has 1 saturated heterocycles. The summed E-state index contributed by atoms with van der Waals surface area (Å²) in [6.07, 6.45) is 0. The van der Waals surface area contributed by atoms with Gasteiger partial charge < -0.3 is 14.9 Å². The maximum Gasteiger partial charge on any atom is 0.303 e. The van der Waals surface area contributed by atoms with Gasteiger partial charge in [-0.3, -0.25) is 4.79 Å². The van der Waals surface area contributed by atoms with Gasteiger partial charge in [0.1, 0.15) is 11.8 Å². The third-order valence-corrected chi connectivity index (χ3v) is 3.94. The number of nitrogens with one attached hydrogen (secondary N) is 1. The van der Waals surface area contributed by atoms with Crippen molar-refractivity contribution in [2.45, 2.75) is 11.8 Å². The van der Waals surface area contributed by atoms with E-state index >= 15 is 0 Å². The molecule has 1 aliphatic rings. The van der Waals surface area contributed by atoms with Crippen LogP contribution in [0.1, 0.15) is 11.6 Å². The second-order valence-corrected chi connectivity index (χ2v) is 5.62. The highest BCUT2D eigenvalue weighted by Crippen LogP contribution is 2.35. The molecule has 0 aliphatic carbocycles. The molecule has 0 aromatic heterocycles. The lowest BCUT2D eigenvalue weighted by atomic mass is 10.00. The van der Waals surface area contributed by atoms with Crippen LogP contribution in [0.3, 0.4) is 0 Å². The Hall–Kier alpha value is -2.12. The van der Waals surface area contributed by atoms with Gasteiger partial charge in [-0.15, -0.1) is 0 Å². The van der Waals surface area contributed by atoms with Gasteiger partial charge >= 0.3 is 5.91 Å². The number of halogens is 1. The van der Waals surface area contributed by atoms with Crippen LogP contribution >= 0.6 is 11.6 Å². The second kappa shape index (κ2) is 5.82. The number of hydrogen-bond donors (Lipinski definition) is 3. The number of benzene rings is 2. The Morgan fingerprint density at radius 1 is 1.22 bits per heavy atom. The van der Waals surface area contributed by atoms with Gasteiger partial charge in [-0.05, 0) is 42.0 Å². The maximum absolute atomic E-state index is 12.3. The fraction of sp³-hybridized carbons (Fsp3) is 0.188. The number of hydrazine groups is 1. The fourth-order valence-electron chi connectivity index (χ4n) is 2.48. The number of aliphatic hydroxyl groups is 2. The van der Waals surface area contributed by atoms with E-state index in [4.69, 9.17) is 16.3 Å². The van der Waals surface area contributed by atoms with Gasteiger partial charge in [-0.25, -0.2) is 10.4 Å². The maximum atomic E-state index is 12.3. The van der Waals surface area contributed by atoms with Crippen molar-refractivity contribution in [3.63, 3.8) is 0 Å². The first-order chi connectivity index (χ1) is 10.9. The van der Waals surface area contributed by atoms with Crippen LogP contribution in [0.5, 0.6) is 5.75 Å². The molecule has 23 heavy (non-hydrogen) atoms. The van der Waals surface area contributed by atoms with Gasteiger partial charge in [0, 0.05) is 5.02 Å². The number of methoxy groups -OCH3 is 1. The Morgan fingerprint density at radius 3 is 2.57 bits per heavy atom. The first-order valence-corrected chi connectivity index (χ1v) is 7.26. The summed E-state index contributed by atoms with van der Waals surface area (Å²) in [7, 11) is 1.51. The number of carbonyl (C=O) groups is 1. The Kier molecular flexibility index (Phi) is 3.99. The van der Waals surface area contributed by atoms with E-state index in [2.05, 4.69) is 5.43 Å². The van der Waals surface area contributed by atoms with Crippen LogP contribution in [0.25, 0.3) is 0 Å². The predicted octanol–water partition coefficient (Wildman–Crippen LogP) is 1.62. The molecule has 1 fully saturated rings. The summed E-state index contributed by atoms with van der Waals surface area (Å²) >= 11 is 5.83. The van der Waals surface area contributed by atoms with Gasteiger partial charge in [0.2, 0.25) is 0 Å². The zero-order valence-electron chi connectivity index (χ0n) is 12.2. The quantitative estimate of drug-likeness (QED) is 0.743. The Labute approximate surface area is 137 Å². The number of amides is 1. The van der Waals surface area contributed by atoms with Gasteiger partial charge in [-0.1, -0.05) is 23.7 Å². The molecule has 1 aliphatic heterocycles. The van der Waals surface area contributed by atoms with E-state index in [-0.39, 0.29) is 0 Å². The Balaban J connectivity index is 1.96. The molecular weight excluding hydrogens is 320 g/mol. The summed E-state index contributed by atoms with van der Waals surface area (Å²) in [5.74, 6) is -2.89. The number of ether oxygens (including phenoxy) is 1. The van der Waals surface area contributed by atoms with Crippen LogP contribution in [0.4, 0.5) is 5.69 Å². The van der Waals surface area contributed by atoms with Crippen LogP contribution in [0, 0.1) is 0 Å². The van der Waals surface area contributed by atoms with E-state index in [1.54, 1.807) is 48.5 Å². The van der Waals surface area contributed by atoms with Gasteiger partial charge in [0.05, 0.1) is 12.8 Å². The average molecular weight is 335 g/mol. The molecule has 1 atom stereocenters. The van der Waals surface area contributed by atoms with Crippen LogP contribution < -0.4 is 15.2 Å². The topological polar surface area (TPSA) is 82.0 Å². The molecule has 3 rings (SSSR count). The van der Waals surface area contributed by atoms with Crippen molar-refractivity contribution in [2.24, 2.45) is 0 Å². The molecule has 0 spiro atoms. The highest BCUT2D eigenvalue weighted by Gasteiger charge is 2.53. The standard InChI is InChI=1S/C16H15ClN2O4/c1-23-13-4-2-3-10(9-13)14-16(21,22)15(20)19(18-14)12-7-5-11(17)6-8-12/h2-9,14,18,21-22H,1H3. The van der Waals surface area contributed by atoms with Crippen molar-refractivity contribution < 1.29 is 19.7 Å². The molecule has 1 heterocycles. The lowest BCUT2D eigenvalue weighted by molar-refractivity contribution is -0.182. The minimum atomic E-state index is -2.58.